The number of nitrogens with one attached hydrogen (secondary N) is 1. The van der Waals surface area contributed by atoms with E-state index in [1.54, 1.807) is 12.1 Å². The Morgan fingerprint density at radius 1 is 1.21 bits per heavy atom. The maximum absolute atomic E-state index is 14.9. The summed E-state index contributed by atoms with van der Waals surface area (Å²) < 4.78 is 29.6. The van der Waals surface area contributed by atoms with Crippen LogP contribution in [0.1, 0.15) is 38.2 Å². The van der Waals surface area contributed by atoms with Gasteiger partial charge in [0.1, 0.15) is 12.4 Å². The van der Waals surface area contributed by atoms with E-state index in [9.17, 15) is 14.0 Å². The second-order valence-corrected chi connectivity index (χ2v) is 7.89. The zero-order valence-electron chi connectivity index (χ0n) is 16.2. The van der Waals surface area contributed by atoms with Gasteiger partial charge in [0.05, 0.1) is 12.3 Å². The summed E-state index contributed by atoms with van der Waals surface area (Å²) in [6.45, 7) is 4.26. The number of ether oxygens (including phenoxy) is 3. The summed E-state index contributed by atoms with van der Waals surface area (Å²) in [6.07, 6.45) is -1.53. The van der Waals surface area contributed by atoms with Crippen molar-refractivity contribution in [2.24, 2.45) is 5.41 Å². The fourth-order valence-corrected chi connectivity index (χ4v) is 3.83. The Morgan fingerprint density at radius 3 is 2.54 bits per heavy atom. The van der Waals surface area contributed by atoms with Gasteiger partial charge in [-0.25, -0.2) is 9.18 Å². The highest BCUT2D eigenvalue weighted by Gasteiger charge is 2.47. The number of carbonyl (C=O) groups is 2. The topological polar surface area (TPSA) is 85.7 Å². The van der Waals surface area contributed by atoms with Crippen LogP contribution in [0.4, 0.5) is 9.18 Å². The Morgan fingerprint density at radius 2 is 1.89 bits per heavy atom. The smallest absolute Gasteiger partial charge is 0.432 e. The van der Waals surface area contributed by atoms with Gasteiger partial charge in [-0.3, -0.25) is 4.79 Å². The number of alkyl halides is 1. The van der Waals surface area contributed by atoms with Crippen LogP contribution in [-0.4, -0.2) is 44.1 Å². The SMILES string of the molecule is COCCOC(=O)Oc1ccc([C@H]2C3=C(CC(C)(C)CC3=O)C(=N)[C@@H]2F)cc1. The summed E-state index contributed by atoms with van der Waals surface area (Å²) in [5.41, 5.74) is 1.18. The van der Waals surface area contributed by atoms with Gasteiger partial charge in [-0.2, -0.15) is 0 Å². The van der Waals surface area contributed by atoms with Crippen molar-refractivity contribution in [3.8, 4) is 5.75 Å². The second kappa shape index (κ2) is 7.83. The lowest BCUT2D eigenvalue weighted by Crippen LogP contribution is -2.26. The second-order valence-electron chi connectivity index (χ2n) is 7.89. The molecule has 0 radical (unpaired) electrons. The average molecular weight is 389 g/mol. The number of methoxy groups -OCH3 is 1. The predicted octanol–water partition coefficient (Wildman–Crippen LogP) is 3.99. The van der Waals surface area contributed by atoms with Crippen LogP contribution in [0.25, 0.3) is 0 Å². The summed E-state index contributed by atoms with van der Waals surface area (Å²) >= 11 is 0. The fraction of sp³-hybridized carbons (Fsp3) is 0.476. The van der Waals surface area contributed by atoms with E-state index in [2.05, 4.69) is 0 Å². The molecule has 0 saturated heterocycles. The number of rotatable bonds is 5. The lowest BCUT2D eigenvalue weighted by Gasteiger charge is -2.30. The summed E-state index contributed by atoms with van der Waals surface area (Å²) in [5, 5.41) is 8.16. The standard InChI is InChI=1S/C21H24FNO5/c1-21(2)10-14-17(15(24)11-21)16(18(22)19(14)23)12-4-6-13(7-5-12)28-20(25)27-9-8-26-3/h4-7,16,18,23H,8-11H2,1-3H3/t16-,18+/m0/s1. The van der Waals surface area contributed by atoms with E-state index in [0.717, 1.165) is 0 Å². The molecule has 7 heteroatoms. The Labute approximate surface area is 163 Å². The minimum absolute atomic E-state index is 0.0799. The van der Waals surface area contributed by atoms with Gasteiger partial charge in [-0.05, 0) is 35.1 Å². The van der Waals surface area contributed by atoms with Gasteiger partial charge in [0.25, 0.3) is 0 Å². The third-order valence-corrected chi connectivity index (χ3v) is 5.07. The van der Waals surface area contributed by atoms with Gasteiger partial charge in [0.2, 0.25) is 0 Å². The summed E-state index contributed by atoms with van der Waals surface area (Å²) in [4.78, 5) is 24.3. The Bertz CT molecular complexity index is 828. The fourth-order valence-electron chi connectivity index (χ4n) is 3.83. The summed E-state index contributed by atoms with van der Waals surface area (Å²) in [6, 6.07) is 6.29. The molecule has 0 fully saturated rings. The number of carbonyl (C=O) groups excluding carboxylic acids is 2. The molecule has 0 heterocycles. The molecule has 150 valence electrons. The molecule has 3 rings (SSSR count). The molecule has 1 N–H and O–H groups in total. The largest absolute Gasteiger partial charge is 0.513 e. The van der Waals surface area contributed by atoms with E-state index >= 15 is 0 Å². The van der Waals surface area contributed by atoms with Gasteiger partial charge in [-0.1, -0.05) is 26.0 Å². The molecule has 0 spiro atoms. The highest BCUT2D eigenvalue weighted by molar-refractivity contribution is 6.16. The molecule has 0 amide bonds. The number of Topliss-reactive ketones (excluding diaryl/α,β-unsaturated/α-hetero) is 1. The molecule has 0 aliphatic heterocycles. The third kappa shape index (κ3) is 3.99. The van der Waals surface area contributed by atoms with E-state index in [1.807, 2.05) is 13.8 Å². The lowest BCUT2D eigenvalue weighted by atomic mass is 9.72. The first kappa shape index (κ1) is 20.2. The molecule has 0 aromatic heterocycles. The molecule has 1 aromatic carbocycles. The molecule has 28 heavy (non-hydrogen) atoms. The number of hydrogen-bond donors (Lipinski definition) is 1. The van der Waals surface area contributed by atoms with Crippen molar-refractivity contribution in [2.75, 3.05) is 20.3 Å². The monoisotopic (exact) mass is 389 g/mol. The van der Waals surface area contributed by atoms with Crippen molar-refractivity contribution in [3.05, 3.63) is 41.0 Å². The molecule has 1 aromatic rings. The molecule has 2 aliphatic rings. The normalized spacial score (nSPS) is 23.6. The number of allylic oxidation sites excluding steroid dienone is 2. The maximum atomic E-state index is 14.9. The van der Waals surface area contributed by atoms with Crippen LogP contribution in [0.5, 0.6) is 5.75 Å². The molecule has 0 saturated carbocycles. The van der Waals surface area contributed by atoms with E-state index < -0.39 is 18.2 Å². The minimum Gasteiger partial charge on any atom is -0.432 e. The van der Waals surface area contributed by atoms with E-state index in [4.69, 9.17) is 19.6 Å². The number of ketones is 1. The molecular weight excluding hydrogens is 365 g/mol. The first-order valence-corrected chi connectivity index (χ1v) is 9.16. The third-order valence-electron chi connectivity index (χ3n) is 5.07. The van der Waals surface area contributed by atoms with Crippen molar-refractivity contribution < 1.29 is 28.2 Å². The summed E-state index contributed by atoms with van der Waals surface area (Å²) in [5.74, 6) is -0.628. The van der Waals surface area contributed by atoms with Crippen molar-refractivity contribution in [1.82, 2.24) is 0 Å². The quantitative estimate of drug-likeness (QED) is 0.468. The number of benzene rings is 1. The summed E-state index contributed by atoms with van der Waals surface area (Å²) in [7, 11) is 1.49. The predicted molar refractivity (Wildman–Crippen MR) is 101 cm³/mol. The highest BCUT2D eigenvalue weighted by Crippen LogP contribution is 2.49. The van der Waals surface area contributed by atoms with Crippen molar-refractivity contribution in [3.63, 3.8) is 0 Å². The highest BCUT2D eigenvalue weighted by atomic mass is 19.1. The Hall–Kier alpha value is -2.54. The van der Waals surface area contributed by atoms with Crippen LogP contribution in [0, 0.1) is 10.8 Å². The van der Waals surface area contributed by atoms with Crippen molar-refractivity contribution in [1.29, 1.82) is 5.41 Å². The molecule has 6 nitrogen and oxygen atoms in total. The molecule has 2 atom stereocenters. The van der Waals surface area contributed by atoms with E-state index in [1.165, 1.54) is 19.2 Å². The van der Waals surface area contributed by atoms with Crippen LogP contribution >= 0.6 is 0 Å². The first-order chi connectivity index (χ1) is 13.2. The van der Waals surface area contributed by atoms with Crippen molar-refractivity contribution >= 4 is 17.7 Å². The zero-order valence-corrected chi connectivity index (χ0v) is 16.2. The van der Waals surface area contributed by atoms with Crippen molar-refractivity contribution in [2.45, 2.75) is 38.8 Å². The first-order valence-electron chi connectivity index (χ1n) is 9.16. The average Bonchev–Trinajstić information content (AvgIpc) is 2.87. The van der Waals surface area contributed by atoms with Crippen LogP contribution in [-0.2, 0) is 14.3 Å². The van der Waals surface area contributed by atoms with Gasteiger partial charge >= 0.3 is 6.16 Å². The molecule has 0 bridgehead atoms. The van der Waals surface area contributed by atoms with Gasteiger partial charge < -0.3 is 19.6 Å². The minimum atomic E-state index is -1.55. The van der Waals surface area contributed by atoms with Gasteiger partial charge in [0.15, 0.2) is 12.0 Å². The van der Waals surface area contributed by atoms with Gasteiger partial charge in [0, 0.05) is 25.0 Å². The number of hydrogen-bond acceptors (Lipinski definition) is 6. The zero-order chi connectivity index (χ0) is 20.5. The lowest BCUT2D eigenvalue weighted by molar-refractivity contribution is -0.118. The number of halogens is 1. The molecule has 2 aliphatic carbocycles. The van der Waals surface area contributed by atoms with Crippen LogP contribution < -0.4 is 4.74 Å². The molecule has 0 unspecified atom stereocenters. The Kier molecular flexibility index (Phi) is 5.65. The molecular formula is C21H24FNO5. The van der Waals surface area contributed by atoms with Gasteiger partial charge in [-0.15, -0.1) is 0 Å². The van der Waals surface area contributed by atoms with Crippen LogP contribution in [0.3, 0.4) is 0 Å². The maximum Gasteiger partial charge on any atom is 0.513 e. The van der Waals surface area contributed by atoms with E-state index in [0.29, 0.717) is 29.6 Å². The van der Waals surface area contributed by atoms with Crippen LogP contribution in [0.15, 0.2) is 35.4 Å². The Balaban J connectivity index is 1.78. The van der Waals surface area contributed by atoms with E-state index in [-0.39, 0.29) is 35.9 Å². The van der Waals surface area contributed by atoms with Crippen LogP contribution in [0.2, 0.25) is 0 Å².